The standard InChI is InChI=1S/C15H31N5O.HI/c1-19-6-2-4-14(13-19)12-18-15(16)17-5-3-7-20-8-10-21-11-9-20;/h14H,2-13H2,1H3,(H3,16,17,18);1H. The molecule has 130 valence electrons. The fraction of sp³-hybridized carbons (Fsp3) is 0.933. The molecule has 1 unspecified atom stereocenters. The van der Waals surface area contributed by atoms with Gasteiger partial charge in [-0.25, -0.2) is 0 Å². The molecule has 2 rings (SSSR count). The molecule has 0 bridgehead atoms. The van der Waals surface area contributed by atoms with Gasteiger partial charge in [0.15, 0.2) is 5.96 Å². The van der Waals surface area contributed by atoms with Crippen LogP contribution < -0.4 is 11.1 Å². The van der Waals surface area contributed by atoms with Crippen molar-refractivity contribution in [2.75, 3.05) is 66.1 Å². The van der Waals surface area contributed by atoms with E-state index in [-0.39, 0.29) is 24.0 Å². The first kappa shape index (κ1) is 19.9. The number of likely N-dealkylation sites (tertiary alicyclic amines) is 1. The molecule has 1 atom stereocenters. The molecule has 0 spiro atoms. The number of nitrogens with zero attached hydrogens (tertiary/aromatic N) is 3. The molecule has 2 aliphatic heterocycles. The second-order valence-electron chi connectivity index (χ2n) is 6.23. The molecule has 0 aromatic rings. The number of rotatable bonds is 6. The van der Waals surface area contributed by atoms with E-state index in [4.69, 9.17) is 10.5 Å². The SMILES string of the molecule is CN1CCCC(CN=C(N)NCCCN2CCOCC2)C1.I. The predicted molar refractivity (Wildman–Crippen MR) is 102 cm³/mol. The Morgan fingerprint density at radius 1 is 1.32 bits per heavy atom. The van der Waals surface area contributed by atoms with Crippen molar-refractivity contribution in [1.82, 2.24) is 15.1 Å². The lowest BCUT2D eigenvalue weighted by Crippen LogP contribution is -2.39. The molecule has 22 heavy (non-hydrogen) atoms. The van der Waals surface area contributed by atoms with E-state index in [9.17, 15) is 0 Å². The number of halogens is 1. The number of hydrogen-bond donors (Lipinski definition) is 2. The first-order valence-electron chi connectivity index (χ1n) is 8.26. The summed E-state index contributed by atoms with van der Waals surface area (Å²) in [7, 11) is 2.18. The summed E-state index contributed by atoms with van der Waals surface area (Å²) in [5.41, 5.74) is 5.94. The van der Waals surface area contributed by atoms with Crippen LogP contribution in [0.25, 0.3) is 0 Å². The summed E-state index contributed by atoms with van der Waals surface area (Å²) in [6.07, 6.45) is 3.66. The summed E-state index contributed by atoms with van der Waals surface area (Å²) >= 11 is 0. The zero-order chi connectivity index (χ0) is 14.9. The molecular formula is C15H32IN5O. The molecule has 0 radical (unpaired) electrons. The minimum Gasteiger partial charge on any atom is -0.379 e. The van der Waals surface area contributed by atoms with Crippen LogP contribution in [0, 0.1) is 5.92 Å². The van der Waals surface area contributed by atoms with Gasteiger partial charge in [0.05, 0.1) is 13.2 Å². The van der Waals surface area contributed by atoms with E-state index >= 15 is 0 Å². The molecule has 2 fully saturated rings. The number of morpholine rings is 1. The molecular weight excluding hydrogens is 393 g/mol. The fourth-order valence-corrected chi connectivity index (χ4v) is 3.05. The number of guanidine groups is 1. The lowest BCUT2D eigenvalue weighted by Gasteiger charge is -2.28. The van der Waals surface area contributed by atoms with Gasteiger partial charge in [-0.05, 0) is 45.3 Å². The van der Waals surface area contributed by atoms with Crippen molar-refractivity contribution in [1.29, 1.82) is 0 Å². The summed E-state index contributed by atoms with van der Waals surface area (Å²) < 4.78 is 5.34. The molecule has 2 aliphatic rings. The molecule has 6 nitrogen and oxygen atoms in total. The first-order chi connectivity index (χ1) is 10.2. The van der Waals surface area contributed by atoms with Gasteiger partial charge in [-0.3, -0.25) is 9.89 Å². The van der Waals surface area contributed by atoms with Crippen LogP contribution >= 0.6 is 24.0 Å². The number of piperidine rings is 1. The third kappa shape index (κ3) is 7.94. The van der Waals surface area contributed by atoms with Gasteiger partial charge in [-0.2, -0.15) is 0 Å². The number of hydrogen-bond acceptors (Lipinski definition) is 4. The number of nitrogens with one attached hydrogen (secondary N) is 1. The highest BCUT2D eigenvalue weighted by Gasteiger charge is 2.16. The van der Waals surface area contributed by atoms with Gasteiger partial charge in [0, 0.05) is 32.7 Å². The van der Waals surface area contributed by atoms with E-state index in [1.807, 2.05) is 0 Å². The zero-order valence-corrected chi connectivity index (χ0v) is 16.1. The van der Waals surface area contributed by atoms with Crippen LogP contribution in [-0.4, -0.2) is 81.8 Å². The van der Waals surface area contributed by atoms with Gasteiger partial charge in [0.25, 0.3) is 0 Å². The highest BCUT2D eigenvalue weighted by atomic mass is 127. The van der Waals surface area contributed by atoms with Gasteiger partial charge in [-0.15, -0.1) is 24.0 Å². The summed E-state index contributed by atoms with van der Waals surface area (Å²) in [4.78, 5) is 9.32. The van der Waals surface area contributed by atoms with Crippen LogP contribution in [0.1, 0.15) is 19.3 Å². The van der Waals surface area contributed by atoms with Gasteiger partial charge in [0.1, 0.15) is 0 Å². The van der Waals surface area contributed by atoms with Crippen molar-refractivity contribution in [3.8, 4) is 0 Å². The van der Waals surface area contributed by atoms with Crippen molar-refractivity contribution in [2.24, 2.45) is 16.6 Å². The van der Waals surface area contributed by atoms with Gasteiger partial charge in [0.2, 0.25) is 0 Å². The second-order valence-corrected chi connectivity index (χ2v) is 6.23. The summed E-state index contributed by atoms with van der Waals surface area (Å²) in [5, 5.41) is 3.23. The fourth-order valence-electron chi connectivity index (χ4n) is 3.05. The largest absolute Gasteiger partial charge is 0.379 e. The van der Waals surface area contributed by atoms with E-state index in [1.165, 1.54) is 19.4 Å². The van der Waals surface area contributed by atoms with Gasteiger partial charge in [-0.1, -0.05) is 0 Å². The monoisotopic (exact) mass is 425 g/mol. The smallest absolute Gasteiger partial charge is 0.188 e. The minimum atomic E-state index is 0. The second kappa shape index (κ2) is 11.4. The van der Waals surface area contributed by atoms with E-state index in [1.54, 1.807) is 0 Å². The Kier molecular flexibility index (Phi) is 10.3. The molecule has 2 heterocycles. The van der Waals surface area contributed by atoms with Crippen LogP contribution in [0.3, 0.4) is 0 Å². The lowest BCUT2D eigenvalue weighted by molar-refractivity contribution is 0.0376. The average molecular weight is 425 g/mol. The van der Waals surface area contributed by atoms with E-state index in [0.717, 1.165) is 58.9 Å². The molecule has 0 aromatic heterocycles. The number of nitrogens with two attached hydrogens (primary N) is 1. The van der Waals surface area contributed by atoms with E-state index < -0.39 is 0 Å². The Hall–Kier alpha value is -0.120. The zero-order valence-electron chi connectivity index (χ0n) is 13.8. The molecule has 0 amide bonds. The molecule has 2 saturated heterocycles. The Morgan fingerprint density at radius 3 is 2.82 bits per heavy atom. The molecule has 0 saturated carbocycles. The maximum Gasteiger partial charge on any atom is 0.188 e. The Bertz CT molecular complexity index is 323. The Morgan fingerprint density at radius 2 is 2.09 bits per heavy atom. The number of aliphatic imine (C=N–C) groups is 1. The van der Waals surface area contributed by atoms with Crippen LogP contribution in [0.15, 0.2) is 4.99 Å². The third-order valence-electron chi connectivity index (χ3n) is 4.30. The van der Waals surface area contributed by atoms with Gasteiger partial charge < -0.3 is 20.7 Å². The van der Waals surface area contributed by atoms with Crippen molar-refractivity contribution in [3.05, 3.63) is 0 Å². The molecule has 0 aliphatic carbocycles. The summed E-state index contributed by atoms with van der Waals surface area (Å²) in [6.45, 7) is 9.07. The van der Waals surface area contributed by atoms with Crippen LogP contribution in [0.5, 0.6) is 0 Å². The summed E-state index contributed by atoms with van der Waals surface area (Å²) in [5.74, 6) is 1.27. The van der Waals surface area contributed by atoms with Crippen LogP contribution in [-0.2, 0) is 4.74 Å². The highest BCUT2D eigenvalue weighted by molar-refractivity contribution is 14.0. The van der Waals surface area contributed by atoms with Crippen LogP contribution in [0.2, 0.25) is 0 Å². The molecule has 7 heteroatoms. The van der Waals surface area contributed by atoms with Crippen molar-refractivity contribution in [3.63, 3.8) is 0 Å². The van der Waals surface area contributed by atoms with Crippen molar-refractivity contribution in [2.45, 2.75) is 19.3 Å². The summed E-state index contributed by atoms with van der Waals surface area (Å²) in [6, 6.07) is 0. The molecule has 0 aromatic carbocycles. The average Bonchev–Trinajstić information content (AvgIpc) is 2.51. The molecule has 3 N–H and O–H groups in total. The maximum absolute atomic E-state index is 5.94. The maximum atomic E-state index is 5.94. The Balaban J connectivity index is 0.00000242. The third-order valence-corrected chi connectivity index (χ3v) is 4.30. The predicted octanol–water partition coefficient (Wildman–Crippen LogP) is 0.573. The van der Waals surface area contributed by atoms with Crippen molar-refractivity contribution >= 4 is 29.9 Å². The topological polar surface area (TPSA) is 66.1 Å². The van der Waals surface area contributed by atoms with E-state index in [0.29, 0.717) is 11.9 Å². The highest BCUT2D eigenvalue weighted by Crippen LogP contribution is 2.14. The Labute approximate surface area is 151 Å². The first-order valence-corrected chi connectivity index (χ1v) is 8.26. The number of ether oxygens (including phenoxy) is 1. The van der Waals surface area contributed by atoms with Crippen molar-refractivity contribution < 1.29 is 4.74 Å². The van der Waals surface area contributed by atoms with Crippen LogP contribution in [0.4, 0.5) is 0 Å². The van der Waals surface area contributed by atoms with E-state index in [2.05, 4.69) is 27.2 Å². The minimum absolute atomic E-state index is 0. The normalized spacial score (nSPS) is 24.8. The lowest BCUT2D eigenvalue weighted by atomic mass is 9.99. The quantitative estimate of drug-likeness (QED) is 0.282. The van der Waals surface area contributed by atoms with Gasteiger partial charge >= 0.3 is 0 Å².